The lowest BCUT2D eigenvalue weighted by Crippen LogP contribution is -2.44. The summed E-state index contributed by atoms with van der Waals surface area (Å²) < 4.78 is 16.2. The van der Waals surface area contributed by atoms with Gasteiger partial charge < -0.3 is 5.73 Å². The molecular weight excluding hydrogens is 431 g/mol. The van der Waals surface area contributed by atoms with Crippen molar-refractivity contribution >= 4 is 11.6 Å². The Kier molecular flexibility index (Phi) is 5.41. The van der Waals surface area contributed by atoms with Crippen LogP contribution in [0.2, 0.25) is 0 Å². The number of halogens is 1. The lowest BCUT2D eigenvalue weighted by molar-refractivity contribution is -0.516. The number of fused-ring (bicyclic) bond motifs is 1. The van der Waals surface area contributed by atoms with Crippen molar-refractivity contribution < 1.29 is 8.79 Å². The van der Waals surface area contributed by atoms with E-state index in [-0.39, 0.29) is 17.5 Å². The molecule has 0 saturated heterocycles. The fourth-order valence-corrected chi connectivity index (χ4v) is 4.26. The molecule has 2 aromatic carbocycles. The summed E-state index contributed by atoms with van der Waals surface area (Å²) >= 11 is 0. The maximum absolute atomic E-state index is 13.3. The van der Waals surface area contributed by atoms with Gasteiger partial charge in [0.1, 0.15) is 11.5 Å². The molecule has 0 bridgehead atoms. The number of nitrogens with zero attached hydrogens (tertiary/aromatic N) is 4. The van der Waals surface area contributed by atoms with Crippen LogP contribution >= 0.6 is 0 Å². The van der Waals surface area contributed by atoms with Crippen LogP contribution in [0.5, 0.6) is 0 Å². The largest absolute Gasteiger partial charge is 0.428 e. The van der Waals surface area contributed by atoms with Crippen LogP contribution in [-0.4, -0.2) is 19.7 Å². The van der Waals surface area contributed by atoms with E-state index < -0.39 is 0 Å². The highest BCUT2D eigenvalue weighted by Crippen LogP contribution is 2.33. The average molecular weight is 456 g/mol. The standard InChI is InChI=1S/C26H23FN6O/c1-16-14-20(15-17(2)29-16)22-23(19-6-4-3-5-7-19)30-25(28)33-24(22)31-32(26(33)34)13-12-18-8-10-21(27)11-9-18/h3-11,14-15H,12-13H2,1-2H3,(H2,28,29,30,31)/p+1. The first-order valence-corrected chi connectivity index (χ1v) is 11.0. The Morgan fingerprint density at radius 3 is 2.32 bits per heavy atom. The van der Waals surface area contributed by atoms with Gasteiger partial charge in [-0.3, -0.25) is 4.98 Å². The van der Waals surface area contributed by atoms with Gasteiger partial charge in [-0.15, -0.1) is 9.38 Å². The fraction of sp³-hybridized carbons (Fsp3) is 0.154. The van der Waals surface area contributed by atoms with Gasteiger partial charge in [0.05, 0.1) is 12.1 Å². The molecule has 3 N–H and O–H groups in total. The monoisotopic (exact) mass is 455 g/mol. The number of nitrogens with one attached hydrogen (secondary N) is 1. The number of anilines is 1. The summed E-state index contributed by atoms with van der Waals surface area (Å²) in [5.41, 5.74) is 12.4. The van der Waals surface area contributed by atoms with Crippen LogP contribution in [0.1, 0.15) is 17.0 Å². The first kappa shape index (κ1) is 21.5. The molecule has 0 radical (unpaired) electrons. The number of nitrogens with two attached hydrogens (primary N) is 1. The van der Waals surface area contributed by atoms with Crippen molar-refractivity contribution in [2.24, 2.45) is 0 Å². The van der Waals surface area contributed by atoms with E-state index in [0.717, 1.165) is 33.6 Å². The van der Waals surface area contributed by atoms with Gasteiger partial charge in [-0.05, 0) is 49.2 Å². The molecule has 7 nitrogen and oxygen atoms in total. The number of pyridine rings is 1. The number of rotatable bonds is 5. The molecule has 0 aliphatic carbocycles. The number of H-pyrrole nitrogens is 1. The molecule has 34 heavy (non-hydrogen) atoms. The number of hydrogen-bond acceptors (Lipinski definition) is 4. The third-order valence-corrected chi connectivity index (χ3v) is 5.77. The Bertz CT molecular complexity index is 1530. The molecular formula is C26H24FN6O+. The maximum atomic E-state index is 13.3. The minimum absolute atomic E-state index is 0.0990. The van der Waals surface area contributed by atoms with Gasteiger partial charge in [0.15, 0.2) is 0 Å². The van der Waals surface area contributed by atoms with Crippen LogP contribution < -0.4 is 15.8 Å². The summed E-state index contributed by atoms with van der Waals surface area (Å²) in [6, 6.07) is 20.0. The van der Waals surface area contributed by atoms with E-state index in [2.05, 4.69) is 15.1 Å². The van der Waals surface area contributed by atoms with Crippen LogP contribution in [0.4, 0.5) is 10.3 Å². The summed E-state index contributed by atoms with van der Waals surface area (Å²) in [4.78, 5) is 22.4. The second kappa shape index (κ2) is 8.55. The van der Waals surface area contributed by atoms with E-state index in [9.17, 15) is 9.18 Å². The van der Waals surface area contributed by atoms with Crippen molar-refractivity contribution in [2.75, 3.05) is 5.73 Å². The van der Waals surface area contributed by atoms with E-state index in [1.54, 1.807) is 12.1 Å². The topological polar surface area (TPSA) is 93.7 Å². The molecule has 0 spiro atoms. The zero-order valence-corrected chi connectivity index (χ0v) is 18.9. The molecule has 3 heterocycles. The van der Waals surface area contributed by atoms with Crippen molar-refractivity contribution in [3.63, 3.8) is 0 Å². The van der Waals surface area contributed by atoms with Gasteiger partial charge in [0.2, 0.25) is 5.65 Å². The molecule has 0 atom stereocenters. The molecule has 170 valence electrons. The summed E-state index contributed by atoms with van der Waals surface area (Å²) in [5.74, 6) is -0.191. The smallest absolute Gasteiger partial charge is 0.319 e. The van der Waals surface area contributed by atoms with Crippen LogP contribution in [0.15, 0.2) is 71.5 Å². The predicted octanol–water partition coefficient (Wildman–Crippen LogP) is 3.62. The van der Waals surface area contributed by atoms with E-state index in [1.807, 2.05) is 56.3 Å². The molecule has 5 rings (SSSR count). The Morgan fingerprint density at radius 2 is 1.65 bits per heavy atom. The molecule has 5 aromatic rings. The minimum atomic E-state index is -0.314. The molecule has 0 amide bonds. The van der Waals surface area contributed by atoms with Gasteiger partial charge >= 0.3 is 11.6 Å². The third-order valence-electron chi connectivity index (χ3n) is 5.77. The Hall–Kier alpha value is -4.33. The van der Waals surface area contributed by atoms with Crippen LogP contribution in [0.3, 0.4) is 0 Å². The van der Waals surface area contributed by atoms with Gasteiger partial charge in [-0.2, -0.15) is 4.68 Å². The maximum Gasteiger partial charge on any atom is 0.428 e. The number of hydrogen-bond donors (Lipinski definition) is 2. The second-order valence-electron chi connectivity index (χ2n) is 8.30. The van der Waals surface area contributed by atoms with Gasteiger partial charge in [-0.25, -0.2) is 14.3 Å². The summed E-state index contributed by atoms with van der Waals surface area (Å²) in [7, 11) is 0. The second-order valence-corrected chi connectivity index (χ2v) is 8.30. The zero-order valence-electron chi connectivity index (χ0n) is 18.9. The molecule has 3 aromatic heterocycles. The predicted molar refractivity (Wildman–Crippen MR) is 129 cm³/mol. The highest BCUT2D eigenvalue weighted by molar-refractivity contribution is 5.88. The lowest BCUT2D eigenvalue weighted by Gasteiger charge is -2.10. The van der Waals surface area contributed by atoms with E-state index >= 15 is 0 Å². The lowest BCUT2D eigenvalue weighted by atomic mass is 9.99. The molecule has 8 heteroatoms. The number of aryl methyl sites for hydroxylation is 4. The van der Waals surface area contributed by atoms with Crippen molar-refractivity contribution in [1.82, 2.24) is 19.7 Å². The summed E-state index contributed by atoms with van der Waals surface area (Å²) in [5, 5.41) is 3.26. The third kappa shape index (κ3) is 3.94. The van der Waals surface area contributed by atoms with E-state index in [4.69, 9.17) is 5.73 Å². The van der Waals surface area contributed by atoms with Gasteiger partial charge in [0.25, 0.3) is 0 Å². The van der Waals surface area contributed by atoms with Crippen LogP contribution in [0.25, 0.3) is 28.0 Å². The van der Waals surface area contributed by atoms with Gasteiger partial charge in [-0.1, -0.05) is 42.5 Å². The Balaban J connectivity index is 1.72. The number of aromatic amines is 1. The normalized spacial score (nSPS) is 11.3. The van der Waals surface area contributed by atoms with E-state index in [1.165, 1.54) is 21.2 Å². The molecule has 0 aliphatic rings. The van der Waals surface area contributed by atoms with Crippen molar-refractivity contribution in [3.05, 3.63) is 100.0 Å². The summed E-state index contributed by atoms with van der Waals surface area (Å²) in [6.45, 7) is 4.24. The van der Waals surface area contributed by atoms with Crippen molar-refractivity contribution in [1.29, 1.82) is 0 Å². The highest BCUT2D eigenvalue weighted by atomic mass is 19.1. The quantitative estimate of drug-likeness (QED) is 0.396. The first-order chi connectivity index (χ1) is 16.4. The fourth-order valence-electron chi connectivity index (χ4n) is 4.26. The van der Waals surface area contributed by atoms with Crippen LogP contribution in [-0.2, 0) is 13.0 Å². The first-order valence-electron chi connectivity index (χ1n) is 11.0. The van der Waals surface area contributed by atoms with Crippen molar-refractivity contribution in [2.45, 2.75) is 26.8 Å². The Morgan fingerprint density at radius 1 is 0.971 bits per heavy atom. The summed E-state index contributed by atoms with van der Waals surface area (Å²) in [6.07, 6.45) is 0.551. The van der Waals surface area contributed by atoms with Crippen molar-refractivity contribution in [3.8, 4) is 22.4 Å². The Labute approximate surface area is 195 Å². The molecule has 0 unspecified atom stereocenters. The van der Waals surface area contributed by atoms with E-state index in [0.29, 0.717) is 24.3 Å². The number of nitrogen functional groups attached to an aromatic ring is 1. The van der Waals surface area contributed by atoms with Crippen LogP contribution in [0, 0.1) is 19.7 Å². The average Bonchev–Trinajstić information content (AvgIpc) is 3.15. The SMILES string of the molecule is Cc1cc(-c2c(-c3ccccc3)nc(N)[n+]3c(=O)n(CCc4ccc(F)cc4)[nH]c23)cc(C)n1. The molecule has 0 aliphatic heterocycles. The zero-order chi connectivity index (χ0) is 23.8. The highest BCUT2D eigenvalue weighted by Gasteiger charge is 2.26. The number of benzene rings is 2. The molecule has 0 fully saturated rings. The molecule has 0 saturated carbocycles. The minimum Gasteiger partial charge on any atom is -0.319 e. The number of aromatic nitrogens is 5. The van der Waals surface area contributed by atoms with Gasteiger partial charge in [0, 0.05) is 23.4 Å².